The lowest BCUT2D eigenvalue weighted by Gasteiger charge is -2.12. The lowest BCUT2D eigenvalue weighted by Crippen LogP contribution is -2.36. The molecule has 164 valence electrons. The fourth-order valence-electron chi connectivity index (χ4n) is 2.91. The third-order valence-corrected chi connectivity index (χ3v) is 5.28. The minimum atomic E-state index is -1.09. The predicted octanol–water partition coefficient (Wildman–Crippen LogP) is 2.55. The zero-order chi connectivity index (χ0) is 22.7. The van der Waals surface area contributed by atoms with Crippen molar-refractivity contribution in [3.8, 4) is 17.2 Å². The van der Waals surface area contributed by atoms with Crippen molar-refractivity contribution in [2.75, 3.05) is 25.3 Å². The van der Waals surface area contributed by atoms with Crippen molar-refractivity contribution in [1.82, 2.24) is 4.90 Å². The quantitative estimate of drug-likeness (QED) is 0.603. The molecule has 10 nitrogen and oxygen atoms in total. The summed E-state index contributed by atoms with van der Waals surface area (Å²) in [4.78, 5) is 48.8. The maximum Gasteiger partial charge on any atom is 0.341 e. The van der Waals surface area contributed by atoms with Gasteiger partial charge in [0.05, 0.1) is 4.91 Å². The van der Waals surface area contributed by atoms with Crippen LogP contribution in [-0.4, -0.2) is 53.0 Å². The van der Waals surface area contributed by atoms with Crippen LogP contribution in [0.5, 0.6) is 17.2 Å². The third-order valence-electron chi connectivity index (χ3n) is 4.37. The van der Waals surface area contributed by atoms with E-state index in [1.807, 2.05) is 0 Å². The largest absolute Gasteiger partial charge is 0.482 e. The molecule has 2 aromatic rings. The van der Waals surface area contributed by atoms with Crippen LogP contribution >= 0.6 is 11.8 Å². The molecule has 0 saturated carbocycles. The molecular formula is C21H16N2O8S. The Balaban J connectivity index is 1.38. The highest BCUT2D eigenvalue weighted by molar-refractivity contribution is 8.18. The number of nitrogens with one attached hydrogen (secondary N) is 1. The Kier molecular flexibility index (Phi) is 5.99. The number of carboxylic acid groups (broad SMARTS) is 1. The first kappa shape index (κ1) is 21.2. The van der Waals surface area contributed by atoms with E-state index in [1.165, 1.54) is 6.08 Å². The minimum Gasteiger partial charge on any atom is -0.482 e. The predicted molar refractivity (Wildman–Crippen MR) is 113 cm³/mol. The Labute approximate surface area is 185 Å². The van der Waals surface area contributed by atoms with Crippen LogP contribution in [0, 0.1) is 0 Å². The molecule has 1 saturated heterocycles. The van der Waals surface area contributed by atoms with Crippen LogP contribution in [-0.2, 0) is 14.4 Å². The van der Waals surface area contributed by atoms with E-state index in [0.29, 0.717) is 28.5 Å². The molecule has 0 bridgehead atoms. The average molecular weight is 456 g/mol. The number of imide groups is 1. The first-order valence-corrected chi connectivity index (χ1v) is 10.1. The van der Waals surface area contributed by atoms with Gasteiger partial charge in [0, 0.05) is 11.8 Å². The highest BCUT2D eigenvalue weighted by Gasteiger charge is 2.36. The van der Waals surface area contributed by atoms with E-state index in [2.05, 4.69) is 5.32 Å². The van der Waals surface area contributed by atoms with Crippen molar-refractivity contribution in [2.24, 2.45) is 0 Å². The molecule has 0 atom stereocenters. The number of aliphatic carboxylic acids is 1. The Bertz CT molecular complexity index is 1130. The Morgan fingerprint density at radius 3 is 2.62 bits per heavy atom. The van der Waals surface area contributed by atoms with Gasteiger partial charge in [-0.2, -0.15) is 0 Å². The van der Waals surface area contributed by atoms with Gasteiger partial charge in [-0.05, 0) is 47.7 Å². The van der Waals surface area contributed by atoms with Gasteiger partial charge in [-0.25, -0.2) is 4.79 Å². The fourth-order valence-corrected chi connectivity index (χ4v) is 3.75. The SMILES string of the molecule is O=C(O)COc1ccc(/C=C2/SC(=O)N(CC(=O)Nc3ccc4c(c3)OCO4)C2=O)cc1. The number of anilines is 1. The lowest BCUT2D eigenvalue weighted by molar-refractivity contribution is -0.139. The van der Waals surface area contributed by atoms with E-state index in [-0.39, 0.29) is 11.7 Å². The van der Waals surface area contributed by atoms with Crippen LogP contribution in [0.25, 0.3) is 6.08 Å². The van der Waals surface area contributed by atoms with E-state index in [4.69, 9.17) is 19.3 Å². The van der Waals surface area contributed by atoms with Gasteiger partial charge in [-0.3, -0.25) is 19.3 Å². The number of amides is 3. The molecule has 2 aromatic carbocycles. The van der Waals surface area contributed by atoms with Crippen LogP contribution in [0.3, 0.4) is 0 Å². The van der Waals surface area contributed by atoms with Crippen LogP contribution in [0.4, 0.5) is 10.5 Å². The molecular weight excluding hydrogens is 440 g/mol. The molecule has 2 N–H and O–H groups in total. The van der Waals surface area contributed by atoms with Crippen molar-refractivity contribution in [2.45, 2.75) is 0 Å². The lowest BCUT2D eigenvalue weighted by atomic mass is 10.2. The van der Waals surface area contributed by atoms with E-state index < -0.39 is 36.2 Å². The van der Waals surface area contributed by atoms with E-state index >= 15 is 0 Å². The summed E-state index contributed by atoms with van der Waals surface area (Å²) in [5.41, 5.74) is 1.06. The van der Waals surface area contributed by atoms with Gasteiger partial charge in [-0.15, -0.1) is 0 Å². The van der Waals surface area contributed by atoms with E-state index in [1.54, 1.807) is 42.5 Å². The molecule has 0 aliphatic carbocycles. The first-order valence-electron chi connectivity index (χ1n) is 9.28. The van der Waals surface area contributed by atoms with Crippen molar-refractivity contribution >= 4 is 46.5 Å². The number of carbonyl (C=O) groups excluding carboxylic acids is 3. The molecule has 4 rings (SSSR count). The summed E-state index contributed by atoms with van der Waals surface area (Å²) in [5, 5.41) is 10.7. The molecule has 0 spiro atoms. The molecule has 2 aliphatic rings. The van der Waals surface area contributed by atoms with Crippen molar-refractivity contribution in [1.29, 1.82) is 0 Å². The van der Waals surface area contributed by atoms with Gasteiger partial charge in [-0.1, -0.05) is 12.1 Å². The maximum absolute atomic E-state index is 12.6. The molecule has 0 aromatic heterocycles. The zero-order valence-electron chi connectivity index (χ0n) is 16.4. The normalized spacial score (nSPS) is 15.9. The summed E-state index contributed by atoms with van der Waals surface area (Å²) in [5.74, 6) is -0.778. The Morgan fingerprint density at radius 2 is 1.88 bits per heavy atom. The monoisotopic (exact) mass is 456 g/mol. The second-order valence-electron chi connectivity index (χ2n) is 6.64. The molecule has 1 fully saturated rings. The van der Waals surface area contributed by atoms with Gasteiger partial charge in [0.15, 0.2) is 18.1 Å². The molecule has 32 heavy (non-hydrogen) atoms. The number of thioether (sulfide) groups is 1. The van der Waals surface area contributed by atoms with Gasteiger partial charge >= 0.3 is 5.97 Å². The summed E-state index contributed by atoms with van der Waals surface area (Å²) in [6.45, 7) is -0.793. The number of benzene rings is 2. The van der Waals surface area contributed by atoms with Gasteiger partial charge in [0.25, 0.3) is 11.1 Å². The number of rotatable bonds is 7. The van der Waals surface area contributed by atoms with Crippen LogP contribution in [0.2, 0.25) is 0 Å². The highest BCUT2D eigenvalue weighted by atomic mass is 32.2. The third kappa shape index (κ3) is 4.83. The number of carboxylic acids is 1. The minimum absolute atomic E-state index is 0.105. The molecule has 2 heterocycles. The number of fused-ring (bicyclic) bond motifs is 1. The molecule has 0 unspecified atom stereocenters. The van der Waals surface area contributed by atoms with Crippen LogP contribution in [0.1, 0.15) is 5.56 Å². The standard InChI is InChI=1S/C21H16N2O8S/c24-18(22-13-3-6-15-16(8-13)31-11-30-15)9-23-20(27)17(32-21(23)28)7-12-1-4-14(5-2-12)29-10-19(25)26/h1-8H,9-11H2,(H,22,24)(H,25,26)/b17-7+. The van der Waals surface area contributed by atoms with Crippen LogP contribution < -0.4 is 19.5 Å². The highest BCUT2D eigenvalue weighted by Crippen LogP contribution is 2.35. The van der Waals surface area contributed by atoms with E-state index in [0.717, 1.165) is 16.7 Å². The number of hydrogen-bond acceptors (Lipinski definition) is 8. The van der Waals surface area contributed by atoms with Crippen molar-refractivity contribution in [3.05, 3.63) is 52.9 Å². The summed E-state index contributed by atoms with van der Waals surface area (Å²) in [6.07, 6.45) is 1.52. The number of hydrogen-bond donors (Lipinski definition) is 2. The Hall–Kier alpha value is -3.99. The summed E-state index contributed by atoms with van der Waals surface area (Å²) >= 11 is 0.733. The second kappa shape index (κ2) is 9.02. The molecule has 3 amide bonds. The smallest absolute Gasteiger partial charge is 0.341 e. The van der Waals surface area contributed by atoms with Gasteiger partial charge in [0.2, 0.25) is 12.7 Å². The van der Waals surface area contributed by atoms with Crippen molar-refractivity contribution < 1.29 is 38.5 Å². The maximum atomic E-state index is 12.6. The number of nitrogens with zero attached hydrogens (tertiary/aromatic N) is 1. The first-order chi connectivity index (χ1) is 15.4. The van der Waals surface area contributed by atoms with Gasteiger partial charge < -0.3 is 24.6 Å². The summed E-state index contributed by atoms with van der Waals surface area (Å²) in [6, 6.07) is 11.2. The number of ether oxygens (including phenoxy) is 3. The molecule has 2 aliphatic heterocycles. The topological polar surface area (TPSA) is 131 Å². The summed E-state index contributed by atoms with van der Waals surface area (Å²) in [7, 11) is 0. The summed E-state index contributed by atoms with van der Waals surface area (Å²) < 4.78 is 15.5. The number of carbonyl (C=O) groups is 4. The second-order valence-corrected chi connectivity index (χ2v) is 7.63. The average Bonchev–Trinajstić information content (AvgIpc) is 3.33. The van der Waals surface area contributed by atoms with E-state index in [9.17, 15) is 19.2 Å². The molecule has 11 heteroatoms. The van der Waals surface area contributed by atoms with Gasteiger partial charge in [0.1, 0.15) is 12.3 Å². The fraction of sp³-hybridized carbons (Fsp3) is 0.143. The zero-order valence-corrected chi connectivity index (χ0v) is 17.2. The molecule has 0 radical (unpaired) electrons. The van der Waals surface area contributed by atoms with Crippen molar-refractivity contribution in [3.63, 3.8) is 0 Å². The Morgan fingerprint density at radius 1 is 1.12 bits per heavy atom. The van der Waals surface area contributed by atoms with Crippen LogP contribution in [0.15, 0.2) is 47.4 Å².